The van der Waals surface area contributed by atoms with E-state index >= 15 is 0 Å². The molecule has 2 aromatic carbocycles. The lowest BCUT2D eigenvalue weighted by Crippen LogP contribution is -2.12. The van der Waals surface area contributed by atoms with Gasteiger partial charge in [0.25, 0.3) is 0 Å². The van der Waals surface area contributed by atoms with Crippen molar-refractivity contribution in [3.63, 3.8) is 0 Å². The number of rotatable bonds is 4. The van der Waals surface area contributed by atoms with Crippen LogP contribution in [-0.2, 0) is 9.84 Å². The first-order valence-corrected chi connectivity index (χ1v) is 9.40. The van der Waals surface area contributed by atoms with Crippen molar-refractivity contribution in [1.29, 1.82) is 0 Å². The molecule has 0 aromatic heterocycles. The van der Waals surface area contributed by atoms with Gasteiger partial charge in [0, 0.05) is 19.8 Å². The highest BCUT2D eigenvalue weighted by atomic mass is 32.2. The maximum atomic E-state index is 13.1. The van der Waals surface area contributed by atoms with Crippen LogP contribution in [0.5, 0.6) is 5.75 Å². The fourth-order valence-electron chi connectivity index (χ4n) is 2.89. The Labute approximate surface area is 144 Å². The number of aryl methyl sites for hydroxylation is 2. The SMILES string of the molecule is Cc1cc(N(C)C)cc(C)c1S(=O)(=O)c1ccc(O)c(C(C)C)c1. The first-order valence-electron chi connectivity index (χ1n) is 7.92. The quantitative estimate of drug-likeness (QED) is 0.907. The Balaban J connectivity index is 2.66. The highest BCUT2D eigenvalue weighted by Crippen LogP contribution is 2.34. The van der Waals surface area contributed by atoms with E-state index in [1.807, 2.05) is 58.8 Å². The molecule has 24 heavy (non-hydrogen) atoms. The van der Waals surface area contributed by atoms with E-state index in [-0.39, 0.29) is 16.6 Å². The highest BCUT2D eigenvalue weighted by Gasteiger charge is 2.24. The minimum absolute atomic E-state index is 0.0402. The van der Waals surface area contributed by atoms with Gasteiger partial charge in [-0.25, -0.2) is 8.42 Å². The Morgan fingerprint density at radius 1 is 1.00 bits per heavy atom. The first-order chi connectivity index (χ1) is 11.1. The van der Waals surface area contributed by atoms with Crippen LogP contribution in [0.2, 0.25) is 0 Å². The third-order valence-electron chi connectivity index (χ3n) is 4.16. The van der Waals surface area contributed by atoms with Gasteiger partial charge in [-0.2, -0.15) is 0 Å². The molecule has 0 fully saturated rings. The molecule has 0 atom stereocenters. The molecule has 4 nitrogen and oxygen atoms in total. The Morgan fingerprint density at radius 2 is 1.54 bits per heavy atom. The fourth-order valence-corrected chi connectivity index (χ4v) is 4.62. The van der Waals surface area contributed by atoms with E-state index in [0.717, 1.165) is 16.8 Å². The Kier molecular flexibility index (Phi) is 4.95. The van der Waals surface area contributed by atoms with Crippen LogP contribution in [-0.4, -0.2) is 27.6 Å². The third-order valence-corrected chi connectivity index (χ3v) is 6.22. The van der Waals surface area contributed by atoms with Crippen LogP contribution in [0.15, 0.2) is 40.1 Å². The van der Waals surface area contributed by atoms with Gasteiger partial charge in [-0.3, -0.25) is 0 Å². The number of hydrogen-bond donors (Lipinski definition) is 1. The van der Waals surface area contributed by atoms with E-state index < -0.39 is 9.84 Å². The van der Waals surface area contributed by atoms with Gasteiger partial charge >= 0.3 is 0 Å². The van der Waals surface area contributed by atoms with E-state index in [2.05, 4.69) is 0 Å². The molecule has 1 N–H and O–H groups in total. The molecule has 0 aliphatic carbocycles. The van der Waals surface area contributed by atoms with Gasteiger partial charge in [0.15, 0.2) is 0 Å². The molecule has 0 heterocycles. The normalized spacial score (nSPS) is 11.8. The Bertz CT molecular complexity index is 845. The van der Waals surface area contributed by atoms with Crippen LogP contribution in [0.4, 0.5) is 5.69 Å². The molecule has 0 bridgehead atoms. The molecule has 0 saturated carbocycles. The Morgan fingerprint density at radius 3 is 2.00 bits per heavy atom. The minimum atomic E-state index is -3.65. The molecule has 0 amide bonds. The zero-order chi connectivity index (χ0) is 18.2. The second kappa shape index (κ2) is 6.48. The second-order valence-corrected chi connectivity index (χ2v) is 8.57. The van der Waals surface area contributed by atoms with Crippen molar-refractivity contribution in [1.82, 2.24) is 0 Å². The summed E-state index contributed by atoms with van der Waals surface area (Å²) in [5.41, 5.74) is 3.05. The van der Waals surface area contributed by atoms with Gasteiger partial charge in [-0.15, -0.1) is 0 Å². The van der Waals surface area contributed by atoms with Crippen molar-refractivity contribution in [2.75, 3.05) is 19.0 Å². The molecule has 0 radical (unpaired) electrons. The smallest absolute Gasteiger partial charge is 0.207 e. The zero-order valence-electron chi connectivity index (χ0n) is 15.1. The van der Waals surface area contributed by atoms with E-state index in [9.17, 15) is 13.5 Å². The standard InChI is InChI=1S/C19H25NO3S/c1-12(2)17-11-16(7-8-18(17)21)24(22,23)19-13(3)9-15(20(5)6)10-14(19)4/h7-12,21H,1-6H3. The number of phenols is 1. The zero-order valence-corrected chi connectivity index (χ0v) is 15.9. The van der Waals surface area contributed by atoms with Crippen LogP contribution >= 0.6 is 0 Å². The summed E-state index contributed by atoms with van der Waals surface area (Å²) >= 11 is 0. The van der Waals surface area contributed by atoms with Crippen LogP contribution in [0, 0.1) is 13.8 Å². The lowest BCUT2D eigenvalue weighted by atomic mass is 10.0. The predicted molar refractivity (Wildman–Crippen MR) is 97.9 cm³/mol. The maximum absolute atomic E-state index is 13.1. The summed E-state index contributed by atoms with van der Waals surface area (Å²) in [4.78, 5) is 2.51. The van der Waals surface area contributed by atoms with Gasteiger partial charge in [0.1, 0.15) is 5.75 Å². The molecule has 5 heteroatoms. The minimum Gasteiger partial charge on any atom is -0.508 e. The van der Waals surface area contributed by atoms with Gasteiger partial charge in [-0.1, -0.05) is 13.8 Å². The van der Waals surface area contributed by atoms with Crippen LogP contribution in [0.1, 0.15) is 36.5 Å². The summed E-state index contributed by atoms with van der Waals surface area (Å²) in [6.45, 7) is 7.48. The molecular weight excluding hydrogens is 322 g/mol. The largest absolute Gasteiger partial charge is 0.508 e. The summed E-state index contributed by atoms with van der Waals surface area (Å²) in [5.74, 6) is 0.166. The Hall–Kier alpha value is -2.01. The number of anilines is 1. The first kappa shape index (κ1) is 18.3. The van der Waals surface area contributed by atoms with Gasteiger partial charge in [0.2, 0.25) is 9.84 Å². The van der Waals surface area contributed by atoms with Crippen LogP contribution < -0.4 is 4.90 Å². The maximum Gasteiger partial charge on any atom is 0.207 e. The van der Waals surface area contributed by atoms with Crippen LogP contribution in [0.25, 0.3) is 0 Å². The van der Waals surface area contributed by atoms with Gasteiger partial charge in [0.05, 0.1) is 9.79 Å². The molecule has 130 valence electrons. The number of nitrogens with zero attached hydrogens (tertiary/aromatic N) is 1. The van der Waals surface area contributed by atoms with Crippen molar-refractivity contribution >= 4 is 15.5 Å². The average molecular weight is 347 g/mol. The number of hydrogen-bond acceptors (Lipinski definition) is 4. The topological polar surface area (TPSA) is 57.6 Å². The summed E-state index contributed by atoms with van der Waals surface area (Å²) in [6.07, 6.45) is 0. The van der Waals surface area contributed by atoms with E-state index in [0.29, 0.717) is 10.5 Å². The van der Waals surface area contributed by atoms with Crippen molar-refractivity contribution in [3.05, 3.63) is 47.0 Å². The number of phenolic OH excluding ortho intramolecular Hbond substituents is 1. The van der Waals surface area contributed by atoms with E-state index in [4.69, 9.17) is 0 Å². The fraction of sp³-hybridized carbons (Fsp3) is 0.368. The van der Waals surface area contributed by atoms with E-state index in [1.54, 1.807) is 6.07 Å². The third kappa shape index (κ3) is 3.26. The van der Waals surface area contributed by atoms with Crippen LogP contribution in [0.3, 0.4) is 0 Å². The predicted octanol–water partition coefficient (Wildman–Crippen LogP) is 4.03. The molecule has 0 unspecified atom stereocenters. The molecule has 2 aromatic rings. The molecule has 0 saturated heterocycles. The summed E-state index contributed by atoms with van der Waals surface area (Å²) < 4.78 is 26.3. The number of sulfone groups is 1. The van der Waals surface area contributed by atoms with E-state index in [1.165, 1.54) is 12.1 Å². The molecule has 2 rings (SSSR count). The average Bonchev–Trinajstić information content (AvgIpc) is 2.45. The summed E-state index contributed by atoms with van der Waals surface area (Å²) in [7, 11) is 0.211. The van der Waals surface area contributed by atoms with Crippen molar-refractivity contribution in [2.45, 2.75) is 43.4 Å². The van der Waals surface area contributed by atoms with Gasteiger partial charge < -0.3 is 10.0 Å². The lowest BCUT2D eigenvalue weighted by Gasteiger charge is -2.18. The monoisotopic (exact) mass is 347 g/mol. The molecule has 0 spiro atoms. The molecule has 0 aliphatic heterocycles. The lowest BCUT2D eigenvalue weighted by molar-refractivity contribution is 0.464. The van der Waals surface area contributed by atoms with Crippen molar-refractivity contribution in [2.24, 2.45) is 0 Å². The molecule has 0 aliphatic rings. The van der Waals surface area contributed by atoms with Gasteiger partial charge in [-0.05, 0) is 66.8 Å². The summed E-state index contributed by atoms with van der Waals surface area (Å²) in [5, 5.41) is 9.95. The summed E-state index contributed by atoms with van der Waals surface area (Å²) in [6, 6.07) is 8.26. The van der Waals surface area contributed by atoms with Crippen molar-refractivity contribution in [3.8, 4) is 5.75 Å². The number of benzene rings is 2. The second-order valence-electron chi connectivity index (χ2n) is 6.68. The van der Waals surface area contributed by atoms with Crippen molar-refractivity contribution < 1.29 is 13.5 Å². The molecular formula is C19H25NO3S. The number of aromatic hydroxyl groups is 1. The highest BCUT2D eigenvalue weighted by molar-refractivity contribution is 7.91.